The van der Waals surface area contributed by atoms with Crippen molar-refractivity contribution in [3.8, 4) is 0 Å². The molecular weight excluding hydrogens is 376 g/mol. The topological polar surface area (TPSA) is 83.6 Å². The number of carbonyl (C=O) groups excluding carboxylic acids is 2. The summed E-state index contributed by atoms with van der Waals surface area (Å²) in [5.74, 6) is -0.441. The van der Waals surface area contributed by atoms with E-state index in [1.807, 2.05) is 6.07 Å². The fraction of sp³-hybridized carbons (Fsp3) is 0.333. The lowest BCUT2D eigenvalue weighted by Gasteiger charge is -2.20. The molecule has 0 aromatic heterocycles. The summed E-state index contributed by atoms with van der Waals surface area (Å²) in [5.41, 5.74) is 1.58. The first-order chi connectivity index (χ1) is 13.3. The second kappa shape index (κ2) is 9.61. The van der Waals surface area contributed by atoms with E-state index in [0.717, 1.165) is 0 Å². The zero-order valence-electron chi connectivity index (χ0n) is 16.4. The average Bonchev–Trinajstić information content (AvgIpc) is 2.69. The summed E-state index contributed by atoms with van der Waals surface area (Å²) in [5, 5.41) is 2.69. The van der Waals surface area contributed by atoms with Crippen molar-refractivity contribution in [2.75, 3.05) is 18.4 Å². The summed E-state index contributed by atoms with van der Waals surface area (Å²) < 4.78 is 27.0. The lowest BCUT2D eigenvalue weighted by atomic mass is 10.1. The summed E-state index contributed by atoms with van der Waals surface area (Å²) in [7, 11) is -3.62. The predicted molar refractivity (Wildman–Crippen MR) is 110 cm³/mol. The first kappa shape index (κ1) is 21.8. The number of anilines is 1. The molecule has 0 saturated carbocycles. The molecule has 7 heteroatoms. The zero-order valence-corrected chi connectivity index (χ0v) is 17.3. The molecule has 0 atom stereocenters. The quantitative estimate of drug-likeness (QED) is 0.649. The van der Waals surface area contributed by atoms with Gasteiger partial charge in [0.05, 0.1) is 4.90 Å². The monoisotopic (exact) mass is 402 g/mol. The number of carbonyl (C=O) groups is 2. The number of rotatable bonds is 9. The lowest BCUT2D eigenvalue weighted by molar-refractivity contribution is -0.116. The molecule has 1 amide bonds. The van der Waals surface area contributed by atoms with Gasteiger partial charge in [-0.3, -0.25) is 9.59 Å². The van der Waals surface area contributed by atoms with Crippen molar-refractivity contribution >= 4 is 27.4 Å². The van der Waals surface area contributed by atoms with Gasteiger partial charge in [0.2, 0.25) is 15.9 Å². The van der Waals surface area contributed by atoms with Gasteiger partial charge in [-0.05, 0) is 24.6 Å². The van der Waals surface area contributed by atoms with Crippen LogP contribution in [0.3, 0.4) is 0 Å². The van der Waals surface area contributed by atoms with Crippen LogP contribution in [0.4, 0.5) is 5.69 Å². The molecule has 0 spiro atoms. The van der Waals surface area contributed by atoms with Crippen LogP contribution >= 0.6 is 0 Å². The Morgan fingerprint density at radius 3 is 2.21 bits per heavy atom. The molecule has 150 valence electrons. The minimum Gasteiger partial charge on any atom is -0.326 e. The smallest absolute Gasteiger partial charge is 0.243 e. The maximum absolute atomic E-state index is 12.8. The third-order valence-corrected chi connectivity index (χ3v) is 6.66. The molecule has 0 fully saturated rings. The fourth-order valence-corrected chi connectivity index (χ4v) is 4.59. The number of Topliss-reactive ketones (excluding diaryl/α,β-unsaturated/α-hetero) is 1. The van der Waals surface area contributed by atoms with Gasteiger partial charge in [0, 0.05) is 37.2 Å². The largest absolute Gasteiger partial charge is 0.326 e. The number of sulfonamides is 1. The van der Waals surface area contributed by atoms with Gasteiger partial charge < -0.3 is 5.32 Å². The number of nitrogens with one attached hydrogen (secondary N) is 1. The van der Waals surface area contributed by atoms with Crippen molar-refractivity contribution in [2.24, 2.45) is 0 Å². The van der Waals surface area contributed by atoms with E-state index in [9.17, 15) is 18.0 Å². The number of benzene rings is 2. The first-order valence-electron chi connectivity index (χ1n) is 9.28. The van der Waals surface area contributed by atoms with Crippen LogP contribution in [0, 0.1) is 6.92 Å². The molecule has 0 saturated heterocycles. The molecule has 0 radical (unpaired) electrons. The van der Waals surface area contributed by atoms with E-state index in [-0.39, 0.29) is 29.4 Å². The highest BCUT2D eigenvalue weighted by Crippen LogP contribution is 2.24. The van der Waals surface area contributed by atoms with Crippen LogP contribution in [0.1, 0.15) is 42.6 Å². The summed E-state index contributed by atoms with van der Waals surface area (Å²) in [4.78, 5) is 24.5. The summed E-state index contributed by atoms with van der Waals surface area (Å²) >= 11 is 0. The van der Waals surface area contributed by atoms with E-state index >= 15 is 0 Å². The fourth-order valence-electron chi connectivity index (χ4n) is 2.88. The number of aryl methyl sites for hydroxylation is 1. The Balaban J connectivity index is 2.08. The lowest BCUT2D eigenvalue weighted by Crippen LogP contribution is -2.31. The predicted octanol–water partition coefficient (Wildman–Crippen LogP) is 3.63. The minimum absolute atomic E-state index is 0.0275. The number of nitrogens with zero attached hydrogens (tertiary/aromatic N) is 1. The second-order valence-corrected chi connectivity index (χ2v) is 8.31. The van der Waals surface area contributed by atoms with Crippen LogP contribution in [0.25, 0.3) is 0 Å². The number of amides is 1. The Labute approximate surface area is 166 Å². The van der Waals surface area contributed by atoms with E-state index in [4.69, 9.17) is 0 Å². The Morgan fingerprint density at radius 1 is 0.964 bits per heavy atom. The maximum Gasteiger partial charge on any atom is 0.243 e. The van der Waals surface area contributed by atoms with Crippen LogP contribution in [0.5, 0.6) is 0 Å². The van der Waals surface area contributed by atoms with Crippen molar-refractivity contribution in [2.45, 2.75) is 38.5 Å². The molecule has 0 aliphatic carbocycles. The molecule has 0 bridgehead atoms. The van der Waals surface area contributed by atoms with Gasteiger partial charge in [-0.1, -0.05) is 50.2 Å². The van der Waals surface area contributed by atoms with Crippen LogP contribution < -0.4 is 5.32 Å². The molecule has 2 aromatic carbocycles. The van der Waals surface area contributed by atoms with E-state index < -0.39 is 10.0 Å². The highest BCUT2D eigenvalue weighted by Gasteiger charge is 2.24. The van der Waals surface area contributed by atoms with Gasteiger partial charge >= 0.3 is 0 Å². The summed E-state index contributed by atoms with van der Waals surface area (Å²) in [6, 6.07) is 13.6. The van der Waals surface area contributed by atoms with Crippen molar-refractivity contribution < 1.29 is 18.0 Å². The zero-order chi connectivity index (χ0) is 20.7. The number of hydrogen-bond donors (Lipinski definition) is 1. The number of hydrogen-bond acceptors (Lipinski definition) is 4. The highest BCUT2D eigenvalue weighted by atomic mass is 32.2. The molecule has 0 aliphatic heterocycles. The molecular formula is C21H26N2O4S. The SMILES string of the molecule is CCN(CC)S(=O)(=O)c1cc(NC(=O)CCC(=O)c2ccccc2)ccc1C. The minimum atomic E-state index is -3.62. The van der Waals surface area contributed by atoms with Crippen molar-refractivity contribution in [1.82, 2.24) is 4.31 Å². The van der Waals surface area contributed by atoms with Crippen LogP contribution in [-0.4, -0.2) is 37.5 Å². The van der Waals surface area contributed by atoms with Gasteiger partial charge in [0.25, 0.3) is 0 Å². The third kappa shape index (κ3) is 5.27. The van der Waals surface area contributed by atoms with E-state index in [0.29, 0.717) is 29.9 Å². The molecule has 1 N–H and O–H groups in total. The maximum atomic E-state index is 12.8. The van der Waals surface area contributed by atoms with Crippen molar-refractivity contribution in [1.29, 1.82) is 0 Å². The Bertz CT molecular complexity index is 936. The van der Waals surface area contributed by atoms with Gasteiger partial charge in [-0.25, -0.2) is 8.42 Å². The molecule has 2 aromatic rings. The average molecular weight is 403 g/mol. The van der Waals surface area contributed by atoms with Gasteiger partial charge in [0.1, 0.15) is 0 Å². The van der Waals surface area contributed by atoms with Gasteiger partial charge in [-0.15, -0.1) is 0 Å². The van der Waals surface area contributed by atoms with E-state index in [1.165, 1.54) is 10.4 Å². The van der Waals surface area contributed by atoms with Crippen LogP contribution in [0.15, 0.2) is 53.4 Å². The van der Waals surface area contributed by atoms with Crippen molar-refractivity contribution in [3.05, 3.63) is 59.7 Å². The Kier molecular flexibility index (Phi) is 7.48. The molecule has 0 unspecified atom stereocenters. The molecule has 0 heterocycles. The van der Waals surface area contributed by atoms with Gasteiger partial charge in [0.15, 0.2) is 5.78 Å². The molecule has 0 aliphatic rings. The second-order valence-electron chi connectivity index (χ2n) is 6.41. The third-order valence-electron chi connectivity index (χ3n) is 4.47. The number of ketones is 1. The molecule has 28 heavy (non-hydrogen) atoms. The van der Waals surface area contributed by atoms with E-state index in [1.54, 1.807) is 57.2 Å². The van der Waals surface area contributed by atoms with Crippen molar-refractivity contribution in [3.63, 3.8) is 0 Å². The van der Waals surface area contributed by atoms with E-state index in [2.05, 4.69) is 5.32 Å². The Hall–Kier alpha value is -2.51. The first-order valence-corrected chi connectivity index (χ1v) is 10.7. The van der Waals surface area contributed by atoms with Gasteiger partial charge in [-0.2, -0.15) is 4.31 Å². The Morgan fingerprint density at radius 2 is 1.61 bits per heavy atom. The summed E-state index contributed by atoms with van der Waals surface area (Å²) in [6.07, 6.45) is 0.117. The van der Waals surface area contributed by atoms with Crippen LogP contribution in [-0.2, 0) is 14.8 Å². The normalized spacial score (nSPS) is 11.4. The molecule has 6 nitrogen and oxygen atoms in total. The molecule has 2 rings (SSSR count). The van der Waals surface area contributed by atoms with Crippen LogP contribution in [0.2, 0.25) is 0 Å². The summed E-state index contributed by atoms with van der Waals surface area (Å²) in [6.45, 7) is 6.03. The highest BCUT2D eigenvalue weighted by molar-refractivity contribution is 7.89. The standard InChI is InChI=1S/C21H26N2O4S/c1-4-23(5-2)28(26,27)20-15-18(12-11-16(20)3)22-21(25)14-13-19(24)17-9-7-6-8-10-17/h6-12,15H,4-5,13-14H2,1-3H3,(H,22,25).